The average molecular weight is 229 g/mol. The van der Waals surface area contributed by atoms with Crippen LogP contribution in [0.3, 0.4) is 0 Å². The second kappa shape index (κ2) is 4.56. The minimum atomic E-state index is -1.27. The van der Waals surface area contributed by atoms with Crippen molar-refractivity contribution in [3.8, 4) is 5.75 Å². The number of nitrogens with zero attached hydrogens (tertiary/aromatic N) is 1. The van der Waals surface area contributed by atoms with Gasteiger partial charge in [0.05, 0.1) is 11.0 Å². The summed E-state index contributed by atoms with van der Waals surface area (Å²) in [5.74, 6) is -2.27. The van der Waals surface area contributed by atoms with Crippen LogP contribution in [0.1, 0.15) is 5.56 Å². The Bertz CT molecular complexity index is 446. The van der Waals surface area contributed by atoms with E-state index in [0.29, 0.717) is 6.07 Å². The van der Waals surface area contributed by atoms with Gasteiger partial charge in [0.15, 0.2) is 12.4 Å². The molecule has 0 fully saturated rings. The molecule has 1 aromatic carbocycles. The fourth-order valence-corrected chi connectivity index (χ4v) is 1.04. The first kappa shape index (κ1) is 11.9. The van der Waals surface area contributed by atoms with Gasteiger partial charge in [-0.15, -0.1) is 0 Å². The van der Waals surface area contributed by atoms with E-state index in [-0.39, 0.29) is 11.3 Å². The van der Waals surface area contributed by atoms with E-state index in [1.165, 1.54) is 6.92 Å². The Morgan fingerprint density at radius 3 is 2.75 bits per heavy atom. The lowest BCUT2D eigenvalue weighted by atomic mass is 10.2. The second-order valence-corrected chi connectivity index (χ2v) is 3.01. The summed E-state index contributed by atoms with van der Waals surface area (Å²) in [6.45, 7) is 0.679. The Morgan fingerprint density at radius 1 is 1.62 bits per heavy atom. The molecule has 0 aliphatic carbocycles. The summed E-state index contributed by atoms with van der Waals surface area (Å²) in [6, 6.07) is 1.79. The summed E-state index contributed by atoms with van der Waals surface area (Å²) < 4.78 is 17.7. The molecule has 86 valence electrons. The molecule has 16 heavy (non-hydrogen) atoms. The van der Waals surface area contributed by atoms with Crippen molar-refractivity contribution >= 4 is 11.7 Å². The van der Waals surface area contributed by atoms with E-state index in [4.69, 9.17) is 5.11 Å². The van der Waals surface area contributed by atoms with Crippen molar-refractivity contribution < 1.29 is 24.0 Å². The summed E-state index contributed by atoms with van der Waals surface area (Å²) in [5, 5.41) is 18.9. The molecule has 0 saturated carbocycles. The van der Waals surface area contributed by atoms with Crippen molar-refractivity contribution in [3.63, 3.8) is 0 Å². The highest BCUT2D eigenvalue weighted by molar-refractivity contribution is 5.68. The quantitative estimate of drug-likeness (QED) is 0.624. The number of nitro benzene ring substituents is 1. The molecule has 0 aliphatic heterocycles. The van der Waals surface area contributed by atoms with Gasteiger partial charge < -0.3 is 9.84 Å². The maximum Gasteiger partial charge on any atom is 0.341 e. The number of carboxylic acids is 1. The molecule has 7 heteroatoms. The van der Waals surface area contributed by atoms with Gasteiger partial charge in [-0.1, -0.05) is 0 Å². The lowest BCUT2D eigenvalue weighted by Gasteiger charge is -2.05. The van der Waals surface area contributed by atoms with Crippen LogP contribution in [0.2, 0.25) is 0 Å². The number of hydrogen-bond acceptors (Lipinski definition) is 4. The molecule has 0 unspecified atom stereocenters. The first-order chi connectivity index (χ1) is 7.41. The van der Waals surface area contributed by atoms with Gasteiger partial charge in [0.1, 0.15) is 5.82 Å². The standard InChI is InChI=1S/C9H8FNO5/c1-5-2-8(16-4-9(12)13)7(11(14)15)3-6(5)10/h2-3H,4H2,1H3,(H,12,13). The average Bonchev–Trinajstić information content (AvgIpc) is 2.18. The number of hydrogen-bond donors (Lipinski definition) is 1. The molecular formula is C9H8FNO5. The molecule has 0 saturated heterocycles. The first-order valence-electron chi connectivity index (χ1n) is 4.21. The number of halogens is 1. The molecule has 6 nitrogen and oxygen atoms in total. The lowest BCUT2D eigenvalue weighted by molar-refractivity contribution is -0.386. The molecule has 0 heterocycles. The normalized spacial score (nSPS) is 9.88. The minimum absolute atomic E-state index is 0.144. The van der Waals surface area contributed by atoms with Crippen LogP contribution in [0.25, 0.3) is 0 Å². The molecule has 0 amide bonds. The van der Waals surface area contributed by atoms with Crippen LogP contribution in [0.4, 0.5) is 10.1 Å². The Balaban J connectivity index is 3.09. The molecule has 0 aliphatic rings. The highest BCUT2D eigenvalue weighted by Gasteiger charge is 2.19. The van der Waals surface area contributed by atoms with Crippen molar-refractivity contribution in [3.05, 3.63) is 33.6 Å². The van der Waals surface area contributed by atoms with Crippen LogP contribution < -0.4 is 4.74 Å². The molecule has 1 rings (SSSR count). The summed E-state index contributed by atoms with van der Waals surface area (Å²) in [4.78, 5) is 19.9. The third kappa shape index (κ3) is 2.66. The second-order valence-electron chi connectivity index (χ2n) is 3.01. The van der Waals surface area contributed by atoms with Crippen molar-refractivity contribution in [2.45, 2.75) is 6.92 Å². The Morgan fingerprint density at radius 2 is 2.25 bits per heavy atom. The number of carbonyl (C=O) groups is 1. The van der Waals surface area contributed by atoms with Crippen LogP contribution in [0, 0.1) is 22.9 Å². The van der Waals surface area contributed by atoms with Gasteiger partial charge in [-0.3, -0.25) is 10.1 Å². The molecule has 1 aromatic rings. The van der Waals surface area contributed by atoms with Crippen molar-refractivity contribution in [1.29, 1.82) is 0 Å². The van der Waals surface area contributed by atoms with E-state index in [1.807, 2.05) is 0 Å². The van der Waals surface area contributed by atoms with Crippen LogP contribution in [-0.4, -0.2) is 22.6 Å². The Labute approximate surface area is 89.4 Å². The Kier molecular flexibility index (Phi) is 3.39. The lowest BCUT2D eigenvalue weighted by Crippen LogP contribution is -2.10. The maximum absolute atomic E-state index is 13.0. The van der Waals surface area contributed by atoms with Gasteiger partial charge in [0, 0.05) is 0 Å². The zero-order chi connectivity index (χ0) is 12.3. The van der Waals surface area contributed by atoms with Crippen molar-refractivity contribution in [1.82, 2.24) is 0 Å². The third-order valence-electron chi connectivity index (χ3n) is 1.79. The Hall–Kier alpha value is -2.18. The van der Waals surface area contributed by atoms with Gasteiger partial charge in [-0.25, -0.2) is 9.18 Å². The monoisotopic (exact) mass is 229 g/mol. The first-order valence-corrected chi connectivity index (χ1v) is 4.21. The molecule has 1 N–H and O–H groups in total. The molecule has 0 radical (unpaired) electrons. The third-order valence-corrected chi connectivity index (χ3v) is 1.79. The van der Waals surface area contributed by atoms with Crippen molar-refractivity contribution in [2.24, 2.45) is 0 Å². The summed E-state index contributed by atoms with van der Waals surface area (Å²) in [7, 11) is 0. The highest BCUT2D eigenvalue weighted by atomic mass is 19.1. The molecule has 0 aromatic heterocycles. The predicted octanol–water partition coefficient (Wildman–Crippen LogP) is 1.51. The number of ether oxygens (including phenoxy) is 1. The molecule has 0 atom stereocenters. The number of carboxylic acid groups (broad SMARTS) is 1. The number of aryl methyl sites for hydroxylation is 1. The largest absolute Gasteiger partial charge is 0.479 e. The van der Waals surface area contributed by atoms with Crippen LogP contribution in [0.5, 0.6) is 5.75 Å². The molecule has 0 bridgehead atoms. The molecular weight excluding hydrogens is 221 g/mol. The van der Waals surface area contributed by atoms with Crippen LogP contribution >= 0.6 is 0 Å². The number of aliphatic carboxylic acids is 1. The van der Waals surface area contributed by atoms with Crippen molar-refractivity contribution in [2.75, 3.05) is 6.61 Å². The van der Waals surface area contributed by atoms with E-state index in [1.54, 1.807) is 0 Å². The van der Waals surface area contributed by atoms with Gasteiger partial charge in [-0.2, -0.15) is 0 Å². The number of nitro groups is 1. The zero-order valence-corrected chi connectivity index (χ0v) is 8.27. The summed E-state index contributed by atoms with van der Waals surface area (Å²) in [6.07, 6.45) is 0. The van der Waals surface area contributed by atoms with Gasteiger partial charge in [0.2, 0.25) is 0 Å². The topological polar surface area (TPSA) is 89.7 Å². The van der Waals surface area contributed by atoms with Gasteiger partial charge >= 0.3 is 11.7 Å². The fourth-order valence-electron chi connectivity index (χ4n) is 1.04. The predicted molar refractivity (Wildman–Crippen MR) is 50.9 cm³/mol. The fraction of sp³-hybridized carbons (Fsp3) is 0.222. The molecule has 0 spiro atoms. The smallest absolute Gasteiger partial charge is 0.341 e. The van der Waals surface area contributed by atoms with Crippen LogP contribution in [0.15, 0.2) is 12.1 Å². The van der Waals surface area contributed by atoms with E-state index < -0.39 is 29.0 Å². The zero-order valence-electron chi connectivity index (χ0n) is 8.27. The minimum Gasteiger partial charge on any atom is -0.479 e. The highest BCUT2D eigenvalue weighted by Crippen LogP contribution is 2.29. The maximum atomic E-state index is 13.0. The number of rotatable bonds is 4. The van der Waals surface area contributed by atoms with E-state index in [0.717, 1.165) is 6.07 Å². The SMILES string of the molecule is Cc1cc(OCC(=O)O)c([N+](=O)[O-])cc1F. The summed E-state index contributed by atoms with van der Waals surface area (Å²) in [5.41, 5.74) is -0.449. The summed E-state index contributed by atoms with van der Waals surface area (Å²) >= 11 is 0. The van der Waals surface area contributed by atoms with Gasteiger partial charge in [0.25, 0.3) is 0 Å². The van der Waals surface area contributed by atoms with Crippen LogP contribution in [-0.2, 0) is 4.79 Å². The van der Waals surface area contributed by atoms with Gasteiger partial charge in [-0.05, 0) is 18.6 Å². The van der Waals surface area contributed by atoms with E-state index >= 15 is 0 Å². The van der Waals surface area contributed by atoms with E-state index in [2.05, 4.69) is 4.74 Å². The van der Waals surface area contributed by atoms with E-state index in [9.17, 15) is 19.3 Å². The number of benzene rings is 1.